The second-order valence-corrected chi connectivity index (χ2v) is 2.47. The van der Waals surface area contributed by atoms with E-state index in [9.17, 15) is 0 Å². The number of quaternary nitrogens is 1. The minimum absolute atomic E-state index is 0.864. The summed E-state index contributed by atoms with van der Waals surface area (Å²) in [4.78, 5) is 0. The third-order valence-electron chi connectivity index (χ3n) is 1.68. The molecule has 0 radical (unpaired) electrons. The Balaban J connectivity index is 3.04. The van der Waals surface area contributed by atoms with Crippen LogP contribution in [0.2, 0.25) is 0 Å². The Morgan fingerprint density at radius 3 is 2.40 bits per heavy atom. The molecule has 0 unspecified atom stereocenters. The third-order valence-corrected chi connectivity index (χ3v) is 1.68. The van der Waals surface area contributed by atoms with Gasteiger partial charge in [-0.1, -0.05) is 6.07 Å². The van der Waals surface area contributed by atoms with Gasteiger partial charge in [0.15, 0.2) is 5.69 Å². The highest BCUT2D eigenvalue weighted by molar-refractivity contribution is 5.37. The van der Waals surface area contributed by atoms with Crippen LogP contribution in [0.4, 0.5) is 5.69 Å². The number of hydrogen-bond donors (Lipinski definition) is 2. The van der Waals surface area contributed by atoms with Gasteiger partial charge in [0, 0.05) is 12.1 Å². The van der Waals surface area contributed by atoms with Crippen molar-refractivity contribution in [1.29, 1.82) is 0 Å². The minimum Gasteiger partial charge on any atom is -0.215 e. The third kappa shape index (κ3) is 1.35. The van der Waals surface area contributed by atoms with Crippen molar-refractivity contribution in [2.75, 3.05) is 0 Å². The lowest BCUT2D eigenvalue weighted by molar-refractivity contribution is -0.825. The van der Waals surface area contributed by atoms with Crippen molar-refractivity contribution >= 4 is 5.69 Å². The Bertz CT molecular complexity index is 233. The van der Waals surface area contributed by atoms with Gasteiger partial charge in [-0.2, -0.15) is 5.48 Å². The maximum atomic E-state index is 8.63. The van der Waals surface area contributed by atoms with Crippen LogP contribution < -0.4 is 5.48 Å². The lowest BCUT2D eigenvalue weighted by Gasteiger charge is -1.98. The topological polar surface area (TPSA) is 36.8 Å². The second kappa shape index (κ2) is 2.82. The van der Waals surface area contributed by atoms with E-state index in [1.807, 2.05) is 25.1 Å². The largest absolute Gasteiger partial charge is 0.215 e. The normalized spacial score (nSPS) is 9.90. The van der Waals surface area contributed by atoms with Crippen LogP contribution in [0.25, 0.3) is 0 Å². The first-order chi connectivity index (χ1) is 4.74. The molecule has 2 nitrogen and oxygen atoms in total. The van der Waals surface area contributed by atoms with Crippen LogP contribution >= 0.6 is 0 Å². The number of nitrogens with two attached hydrogens (primary N) is 1. The summed E-state index contributed by atoms with van der Waals surface area (Å²) in [5, 5.41) is 8.63. The number of benzene rings is 1. The summed E-state index contributed by atoms with van der Waals surface area (Å²) in [6.45, 7) is 4.08. The Labute approximate surface area is 60.5 Å². The van der Waals surface area contributed by atoms with Gasteiger partial charge in [-0.25, -0.2) is 5.21 Å². The molecule has 0 fully saturated rings. The van der Waals surface area contributed by atoms with Gasteiger partial charge in [-0.05, 0) is 25.0 Å². The highest BCUT2D eigenvalue weighted by Crippen LogP contribution is 2.09. The molecule has 2 heteroatoms. The molecule has 0 aliphatic heterocycles. The Morgan fingerprint density at radius 1 is 1.20 bits per heavy atom. The van der Waals surface area contributed by atoms with E-state index in [2.05, 4.69) is 6.92 Å². The lowest BCUT2D eigenvalue weighted by Crippen LogP contribution is -2.73. The molecule has 0 aromatic heterocycles. The average Bonchev–Trinajstić information content (AvgIpc) is 1.95. The van der Waals surface area contributed by atoms with Gasteiger partial charge < -0.3 is 0 Å². The van der Waals surface area contributed by atoms with E-state index >= 15 is 0 Å². The monoisotopic (exact) mass is 138 g/mol. The Morgan fingerprint density at radius 2 is 1.90 bits per heavy atom. The van der Waals surface area contributed by atoms with Gasteiger partial charge >= 0.3 is 0 Å². The summed E-state index contributed by atoms with van der Waals surface area (Å²) >= 11 is 0. The van der Waals surface area contributed by atoms with E-state index in [4.69, 9.17) is 5.21 Å². The zero-order chi connectivity index (χ0) is 7.56. The first kappa shape index (κ1) is 7.25. The van der Waals surface area contributed by atoms with Gasteiger partial charge in [0.2, 0.25) is 0 Å². The van der Waals surface area contributed by atoms with Gasteiger partial charge in [-0.3, -0.25) is 0 Å². The van der Waals surface area contributed by atoms with Crippen molar-refractivity contribution in [3.05, 3.63) is 29.3 Å². The van der Waals surface area contributed by atoms with Crippen molar-refractivity contribution in [3.63, 3.8) is 0 Å². The first-order valence-electron chi connectivity index (χ1n) is 3.28. The fraction of sp³-hybridized carbons (Fsp3) is 0.250. The second-order valence-electron chi connectivity index (χ2n) is 2.47. The summed E-state index contributed by atoms with van der Waals surface area (Å²) in [6, 6.07) is 5.84. The molecular weight excluding hydrogens is 126 g/mol. The van der Waals surface area contributed by atoms with E-state index in [1.165, 1.54) is 11.1 Å². The van der Waals surface area contributed by atoms with Crippen LogP contribution in [0, 0.1) is 13.8 Å². The van der Waals surface area contributed by atoms with Crippen LogP contribution in [0.15, 0.2) is 18.2 Å². The zero-order valence-electron chi connectivity index (χ0n) is 6.26. The molecule has 0 amide bonds. The molecule has 0 saturated heterocycles. The smallest absolute Gasteiger partial charge is 0.162 e. The van der Waals surface area contributed by atoms with Crippen molar-refractivity contribution in [2.24, 2.45) is 0 Å². The van der Waals surface area contributed by atoms with Gasteiger partial charge in [0.05, 0.1) is 0 Å². The molecule has 1 aromatic carbocycles. The van der Waals surface area contributed by atoms with E-state index in [0.29, 0.717) is 0 Å². The van der Waals surface area contributed by atoms with E-state index in [1.54, 1.807) is 0 Å². The van der Waals surface area contributed by atoms with Crippen molar-refractivity contribution in [1.82, 2.24) is 0 Å². The van der Waals surface area contributed by atoms with Gasteiger partial charge in [-0.15, -0.1) is 0 Å². The summed E-state index contributed by atoms with van der Waals surface area (Å²) in [5.74, 6) is 0. The van der Waals surface area contributed by atoms with Crippen LogP contribution in [0.5, 0.6) is 0 Å². The predicted molar refractivity (Wildman–Crippen MR) is 39.3 cm³/mol. The summed E-state index contributed by atoms with van der Waals surface area (Å²) in [7, 11) is 0. The zero-order valence-corrected chi connectivity index (χ0v) is 6.26. The van der Waals surface area contributed by atoms with Crippen LogP contribution in [-0.4, -0.2) is 5.21 Å². The SMILES string of the molecule is Cc1ccc([NH2+]O)cc1C. The molecule has 0 aliphatic rings. The molecule has 0 aliphatic carbocycles. The quantitative estimate of drug-likeness (QED) is 0.439. The van der Waals surface area contributed by atoms with Crippen molar-refractivity contribution in [3.8, 4) is 0 Å². The maximum absolute atomic E-state index is 8.63. The number of hydrogen-bond acceptors (Lipinski definition) is 1. The molecule has 0 saturated carbocycles. The number of rotatable bonds is 1. The first-order valence-corrected chi connectivity index (χ1v) is 3.28. The molecule has 0 bridgehead atoms. The molecule has 1 aromatic rings. The molecule has 0 spiro atoms. The number of aryl methyl sites for hydroxylation is 2. The van der Waals surface area contributed by atoms with Crippen LogP contribution in [-0.2, 0) is 0 Å². The summed E-state index contributed by atoms with van der Waals surface area (Å²) in [5.41, 5.74) is 4.45. The Hall–Kier alpha value is -0.860. The standard InChI is InChI=1S/C8H11NO/c1-6-3-4-8(9-10)5-7(6)2/h3-5,9-10H,1-2H3/p+1. The van der Waals surface area contributed by atoms with Gasteiger partial charge in [0.25, 0.3) is 0 Å². The van der Waals surface area contributed by atoms with Gasteiger partial charge in [0.1, 0.15) is 0 Å². The lowest BCUT2D eigenvalue weighted by atomic mass is 10.1. The molecule has 1 rings (SSSR count). The predicted octanol–water partition coefficient (Wildman–Crippen LogP) is 0.888. The summed E-state index contributed by atoms with van der Waals surface area (Å²) in [6.07, 6.45) is 0. The Kier molecular flexibility index (Phi) is 2.04. The van der Waals surface area contributed by atoms with Crippen molar-refractivity contribution < 1.29 is 10.7 Å². The molecule has 54 valence electrons. The average molecular weight is 138 g/mol. The maximum Gasteiger partial charge on any atom is 0.162 e. The van der Waals surface area contributed by atoms with Crippen LogP contribution in [0.1, 0.15) is 11.1 Å². The molecule has 0 heterocycles. The van der Waals surface area contributed by atoms with E-state index in [-0.39, 0.29) is 0 Å². The van der Waals surface area contributed by atoms with E-state index < -0.39 is 0 Å². The molecular formula is C8H12NO+. The highest BCUT2D eigenvalue weighted by atomic mass is 16.5. The summed E-state index contributed by atoms with van der Waals surface area (Å²) < 4.78 is 0. The van der Waals surface area contributed by atoms with Crippen molar-refractivity contribution in [2.45, 2.75) is 13.8 Å². The molecule has 3 N–H and O–H groups in total. The molecule has 0 atom stereocenters. The fourth-order valence-corrected chi connectivity index (χ4v) is 0.845. The van der Waals surface area contributed by atoms with Crippen LogP contribution in [0.3, 0.4) is 0 Å². The van der Waals surface area contributed by atoms with E-state index in [0.717, 1.165) is 11.2 Å². The highest BCUT2D eigenvalue weighted by Gasteiger charge is 1.96. The fourth-order valence-electron chi connectivity index (χ4n) is 0.845. The minimum atomic E-state index is 0.864. The molecule has 10 heavy (non-hydrogen) atoms.